The third-order valence-electron chi connectivity index (χ3n) is 5.06. The minimum Gasteiger partial charge on any atom is -0.399 e. The number of halogens is 1. The van der Waals surface area contributed by atoms with Crippen LogP contribution in [-0.4, -0.2) is 58.0 Å². The summed E-state index contributed by atoms with van der Waals surface area (Å²) < 4.78 is 45.5. The Labute approximate surface area is 187 Å². The molecule has 0 radical (unpaired) electrons. The van der Waals surface area contributed by atoms with Crippen molar-refractivity contribution in [3.05, 3.63) is 47.7 Å². The third-order valence-corrected chi connectivity index (χ3v) is 5.63. The lowest BCUT2D eigenvalue weighted by atomic mass is 10.1. The number of ether oxygens (including phenoxy) is 1. The summed E-state index contributed by atoms with van der Waals surface area (Å²) in [6.45, 7) is -0.368. The molecule has 1 aliphatic rings. The van der Waals surface area contributed by atoms with E-state index in [0.717, 1.165) is 6.07 Å². The molecule has 4 atom stereocenters. The van der Waals surface area contributed by atoms with E-state index >= 15 is 0 Å². The van der Waals surface area contributed by atoms with Crippen LogP contribution in [0.2, 0.25) is 0 Å². The smallest absolute Gasteiger partial charge is 0.274 e. The molecule has 174 valence electrons. The lowest BCUT2D eigenvalue weighted by Crippen LogP contribution is -2.42. The Morgan fingerprint density at radius 1 is 1.18 bits per heavy atom. The number of nitrogens with two attached hydrogens (primary N) is 3. The Kier molecular flexibility index (Phi) is 5.93. The highest BCUT2D eigenvalue weighted by atomic mass is 32.2. The van der Waals surface area contributed by atoms with Gasteiger partial charge >= 0.3 is 0 Å². The van der Waals surface area contributed by atoms with Gasteiger partial charge in [-0.25, -0.2) is 19.5 Å². The molecule has 2 aromatic heterocycles. The van der Waals surface area contributed by atoms with Crippen molar-refractivity contribution in [2.75, 3.05) is 18.0 Å². The van der Waals surface area contributed by atoms with Gasteiger partial charge in [-0.2, -0.15) is 13.1 Å². The minimum atomic E-state index is -4.03. The fourth-order valence-electron chi connectivity index (χ4n) is 3.49. The first-order valence-corrected chi connectivity index (χ1v) is 11.1. The van der Waals surface area contributed by atoms with Gasteiger partial charge in [-0.1, -0.05) is 11.8 Å². The monoisotopic (exact) mass is 477 g/mol. The first-order chi connectivity index (χ1) is 15.5. The SMILES string of the molecule is Nc1ccc(C#Cc2cn([C@@H]3O[C@H](CNS(N)(=O)=O)[C@@H](O)[C@H]3O)c3ncnc(N)c23)c(F)c1. The fraction of sp³-hybridized carbons (Fsp3) is 0.263. The normalized spacial score (nSPS) is 22.9. The maximum absolute atomic E-state index is 14.1. The maximum atomic E-state index is 14.1. The molecule has 9 N–H and O–H groups in total. The van der Waals surface area contributed by atoms with Crippen LogP contribution in [-0.2, 0) is 14.9 Å². The number of aromatic nitrogens is 3. The van der Waals surface area contributed by atoms with E-state index in [2.05, 4.69) is 21.8 Å². The van der Waals surface area contributed by atoms with Gasteiger partial charge in [0.2, 0.25) is 0 Å². The summed E-state index contributed by atoms with van der Waals surface area (Å²) >= 11 is 0. The summed E-state index contributed by atoms with van der Waals surface area (Å²) in [6.07, 6.45) is -2.47. The molecule has 3 heterocycles. The highest BCUT2D eigenvalue weighted by molar-refractivity contribution is 7.87. The highest BCUT2D eigenvalue weighted by Crippen LogP contribution is 2.34. The lowest BCUT2D eigenvalue weighted by molar-refractivity contribution is -0.0327. The van der Waals surface area contributed by atoms with Crippen LogP contribution in [0.5, 0.6) is 0 Å². The minimum absolute atomic E-state index is 0.0845. The first kappa shape index (κ1) is 22.9. The second-order valence-electron chi connectivity index (χ2n) is 7.34. The number of rotatable bonds is 4. The van der Waals surface area contributed by atoms with Gasteiger partial charge < -0.3 is 31.0 Å². The van der Waals surface area contributed by atoms with Crippen LogP contribution >= 0.6 is 0 Å². The van der Waals surface area contributed by atoms with E-state index in [-0.39, 0.29) is 29.3 Å². The van der Waals surface area contributed by atoms with Crippen molar-refractivity contribution in [1.82, 2.24) is 19.3 Å². The Bertz CT molecular complexity index is 1380. The number of hydrogen-bond acceptors (Lipinski definition) is 9. The molecule has 1 aliphatic heterocycles. The Hall–Kier alpha value is -3.32. The molecule has 0 bridgehead atoms. The fourth-order valence-corrected chi connectivity index (χ4v) is 3.89. The molecule has 0 saturated carbocycles. The van der Waals surface area contributed by atoms with Crippen molar-refractivity contribution in [3.8, 4) is 11.8 Å². The molecule has 3 aromatic rings. The Balaban J connectivity index is 1.73. The second-order valence-corrected chi connectivity index (χ2v) is 8.72. The van der Waals surface area contributed by atoms with Gasteiger partial charge in [-0.3, -0.25) is 0 Å². The predicted octanol–water partition coefficient (Wildman–Crippen LogP) is -1.45. The van der Waals surface area contributed by atoms with E-state index in [9.17, 15) is 23.0 Å². The highest BCUT2D eigenvalue weighted by Gasteiger charge is 2.44. The van der Waals surface area contributed by atoms with Crippen LogP contribution in [0, 0.1) is 17.7 Å². The van der Waals surface area contributed by atoms with E-state index in [4.69, 9.17) is 21.3 Å². The molecular formula is C19H20FN7O5S. The van der Waals surface area contributed by atoms with Crippen molar-refractivity contribution in [3.63, 3.8) is 0 Å². The number of fused-ring (bicyclic) bond motifs is 1. The first-order valence-electron chi connectivity index (χ1n) is 9.52. The number of nitrogens with zero attached hydrogens (tertiary/aromatic N) is 3. The van der Waals surface area contributed by atoms with Crippen LogP contribution in [0.3, 0.4) is 0 Å². The van der Waals surface area contributed by atoms with Crippen LogP contribution in [0.25, 0.3) is 11.0 Å². The zero-order valence-electron chi connectivity index (χ0n) is 16.9. The Morgan fingerprint density at radius 3 is 2.61 bits per heavy atom. The Morgan fingerprint density at radius 2 is 1.91 bits per heavy atom. The van der Waals surface area contributed by atoms with Gasteiger partial charge in [0.25, 0.3) is 10.2 Å². The molecule has 12 nitrogen and oxygen atoms in total. The van der Waals surface area contributed by atoms with Gasteiger partial charge in [0.1, 0.15) is 41.9 Å². The average Bonchev–Trinajstić information content (AvgIpc) is 3.24. The number of nitrogen functional groups attached to an aromatic ring is 2. The number of benzene rings is 1. The summed E-state index contributed by atoms with van der Waals surface area (Å²) in [5.74, 6) is 4.99. The predicted molar refractivity (Wildman–Crippen MR) is 116 cm³/mol. The molecule has 1 aromatic carbocycles. The maximum Gasteiger partial charge on any atom is 0.274 e. The standard InChI is InChI=1S/C19H20FN7O5S/c20-12-5-11(21)4-3-9(12)1-2-10-7-27(18-14(10)17(22)24-8-25-18)19-16(29)15(28)13(32-19)6-26-33(23,30)31/h3-5,7-8,13,15-16,19,26,28-29H,6,21H2,(H2,22,24,25)(H2,23,30,31)/t13-,15-,16-,19-/m1/s1. The topological polar surface area (TPSA) is 205 Å². The van der Waals surface area contributed by atoms with E-state index in [1.807, 2.05) is 4.72 Å². The molecule has 0 amide bonds. The summed E-state index contributed by atoms with van der Waals surface area (Å²) in [5.41, 5.74) is 12.5. The van der Waals surface area contributed by atoms with Crippen LogP contribution in [0.4, 0.5) is 15.9 Å². The van der Waals surface area contributed by atoms with E-state index in [1.165, 1.54) is 29.2 Å². The number of hydrogen-bond donors (Lipinski definition) is 6. The van der Waals surface area contributed by atoms with Gasteiger partial charge in [0.05, 0.1) is 16.5 Å². The molecule has 14 heteroatoms. The summed E-state index contributed by atoms with van der Waals surface area (Å²) in [6, 6.07) is 4.08. The van der Waals surface area contributed by atoms with E-state index < -0.39 is 40.6 Å². The summed E-state index contributed by atoms with van der Waals surface area (Å²) in [4.78, 5) is 8.12. The van der Waals surface area contributed by atoms with Gasteiger partial charge in [-0.15, -0.1) is 0 Å². The number of nitrogens with one attached hydrogen (secondary N) is 1. The van der Waals surface area contributed by atoms with E-state index in [0.29, 0.717) is 10.9 Å². The zero-order valence-corrected chi connectivity index (χ0v) is 17.7. The molecule has 0 aliphatic carbocycles. The zero-order chi connectivity index (χ0) is 23.9. The van der Waals surface area contributed by atoms with Crippen molar-refractivity contribution < 1.29 is 27.8 Å². The molecule has 0 unspecified atom stereocenters. The average molecular weight is 477 g/mol. The van der Waals surface area contributed by atoms with Crippen molar-refractivity contribution in [2.45, 2.75) is 24.5 Å². The quantitative estimate of drug-likeness (QED) is 0.192. The largest absolute Gasteiger partial charge is 0.399 e. The van der Waals surface area contributed by atoms with Crippen molar-refractivity contribution >= 4 is 32.7 Å². The molecule has 4 rings (SSSR count). The van der Waals surface area contributed by atoms with Crippen LogP contribution in [0.15, 0.2) is 30.7 Å². The number of anilines is 2. The molecule has 1 fully saturated rings. The van der Waals surface area contributed by atoms with Gasteiger partial charge in [0.15, 0.2) is 6.23 Å². The van der Waals surface area contributed by atoms with Crippen LogP contribution < -0.4 is 21.3 Å². The summed E-state index contributed by atoms with van der Waals surface area (Å²) in [7, 11) is -4.03. The third kappa shape index (κ3) is 4.59. The van der Waals surface area contributed by atoms with Gasteiger partial charge in [-0.05, 0) is 18.2 Å². The van der Waals surface area contributed by atoms with Crippen LogP contribution in [0.1, 0.15) is 17.4 Å². The van der Waals surface area contributed by atoms with Gasteiger partial charge in [0, 0.05) is 18.4 Å². The molecule has 0 spiro atoms. The van der Waals surface area contributed by atoms with E-state index in [1.54, 1.807) is 0 Å². The van der Waals surface area contributed by atoms with Crippen molar-refractivity contribution in [1.29, 1.82) is 0 Å². The molecular weight excluding hydrogens is 457 g/mol. The molecule has 1 saturated heterocycles. The number of aliphatic hydroxyl groups excluding tert-OH is 2. The lowest BCUT2D eigenvalue weighted by Gasteiger charge is -2.17. The second kappa shape index (κ2) is 8.56. The summed E-state index contributed by atoms with van der Waals surface area (Å²) in [5, 5.41) is 26.1. The van der Waals surface area contributed by atoms with Crippen molar-refractivity contribution in [2.24, 2.45) is 5.14 Å². The number of aliphatic hydroxyl groups is 2. The molecule has 33 heavy (non-hydrogen) atoms.